The molecule has 84 valence electrons. The third kappa shape index (κ3) is 8.05. The molecule has 0 bridgehead atoms. The minimum absolute atomic E-state index is 0.0511. The third-order valence-corrected chi connectivity index (χ3v) is 1.78. The second-order valence-corrected chi connectivity index (χ2v) is 4.69. The van der Waals surface area contributed by atoms with Crippen molar-refractivity contribution < 1.29 is 9.53 Å². The summed E-state index contributed by atoms with van der Waals surface area (Å²) in [7, 11) is 0. The van der Waals surface area contributed by atoms with Crippen LogP contribution in [0.4, 0.5) is 0 Å². The summed E-state index contributed by atoms with van der Waals surface area (Å²) in [5.74, 6) is -0.193. The molecular weight excluding hydrogens is 178 g/mol. The van der Waals surface area contributed by atoms with Crippen LogP contribution >= 0.6 is 0 Å². The second kappa shape index (κ2) is 6.02. The van der Waals surface area contributed by atoms with Gasteiger partial charge in [0, 0.05) is 6.04 Å². The molecular formula is C11H23NO2. The Balaban J connectivity index is 3.71. The van der Waals surface area contributed by atoms with Gasteiger partial charge in [-0.25, -0.2) is 0 Å². The van der Waals surface area contributed by atoms with E-state index in [-0.39, 0.29) is 12.0 Å². The van der Waals surface area contributed by atoms with Crippen LogP contribution in [-0.2, 0) is 9.53 Å². The van der Waals surface area contributed by atoms with Gasteiger partial charge in [-0.1, -0.05) is 19.8 Å². The topological polar surface area (TPSA) is 52.3 Å². The summed E-state index contributed by atoms with van der Waals surface area (Å²) in [5.41, 5.74) is 5.38. The smallest absolute Gasteiger partial charge is 0.307 e. The quantitative estimate of drug-likeness (QED) is 0.694. The molecule has 0 aromatic rings. The summed E-state index contributed by atoms with van der Waals surface area (Å²) >= 11 is 0. The van der Waals surface area contributed by atoms with E-state index in [0.717, 1.165) is 19.3 Å². The van der Waals surface area contributed by atoms with Gasteiger partial charge in [0.15, 0.2) is 0 Å². The lowest BCUT2D eigenvalue weighted by atomic mass is 10.1. The summed E-state index contributed by atoms with van der Waals surface area (Å²) in [6.07, 6.45) is 3.42. The molecule has 0 radical (unpaired) electrons. The Morgan fingerprint density at radius 3 is 2.43 bits per heavy atom. The van der Waals surface area contributed by atoms with Gasteiger partial charge in [-0.3, -0.25) is 4.79 Å². The zero-order chi connectivity index (χ0) is 11.2. The first-order chi connectivity index (χ1) is 6.35. The number of nitrogens with two attached hydrogens (primary N) is 1. The van der Waals surface area contributed by atoms with Crippen LogP contribution < -0.4 is 5.73 Å². The molecule has 3 heteroatoms. The Morgan fingerprint density at radius 2 is 2.00 bits per heavy atom. The zero-order valence-electron chi connectivity index (χ0n) is 9.80. The van der Waals surface area contributed by atoms with Gasteiger partial charge in [0.05, 0.1) is 6.42 Å². The number of carbonyl (C=O) groups is 1. The molecule has 14 heavy (non-hydrogen) atoms. The molecule has 0 aliphatic rings. The van der Waals surface area contributed by atoms with Crippen molar-refractivity contribution in [3.8, 4) is 0 Å². The highest BCUT2D eigenvalue weighted by Crippen LogP contribution is 2.10. The summed E-state index contributed by atoms with van der Waals surface area (Å²) in [5, 5.41) is 0. The zero-order valence-corrected chi connectivity index (χ0v) is 9.80. The molecule has 0 rings (SSSR count). The lowest BCUT2D eigenvalue weighted by Crippen LogP contribution is -2.30. The minimum Gasteiger partial charge on any atom is -0.460 e. The lowest BCUT2D eigenvalue weighted by molar-refractivity contribution is -0.155. The average Bonchev–Trinajstić information content (AvgIpc) is 1.96. The van der Waals surface area contributed by atoms with E-state index in [1.807, 2.05) is 20.8 Å². The van der Waals surface area contributed by atoms with Crippen molar-refractivity contribution in [3.05, 3.63) is 0 Å². The summed E-state index contributed by atoms with van der Waals surface area (Å²) in [6, 6.07) is -0.0511. The van der Waals surface area contributed by atoms with E-state index in [1.54, 1.807) is 0 Å². The van der Waals surface area contributed by atoms with Crippen LogP contribution in [0.25, 0.3) is 0 Å². The third-order valence-electron chi connectivity index (χ3n) is 1.78. The minimum atomic E-state index is -0.401. The molecule has 3 nitrogen and oxygen atoms in total. The Labute approximate surface area is 87.0 Å². The van der Waals surface area contributed by atoms with Crippen LogP contribution in [0, 0.1) is 0 Å². The number of ether oxygens (including phenoxy) is 1. The molecule has 0 aromatic heterocycles. The van der Waals surface area contributed by atoms with E-state index >= 15 is 0 Å². The molecule has 0 aliphatic carbocycles. The highest BCUT2D eigenvalue weighted by molar-refractivity contribution is 5.70. The van der Waals surface area contributed by atoms with Crippen LogP contribution in [0.5, 0.6) is 0 Å². The fourth-order valence-electron chi connectivity index (χ4n) is 1.17. The number of esters is 1. The maximum atomic E-state index is 11.3. The molecule has 0 unspecified atom stereocenters. The van der Waals surface area contributed by atoms with Crippen molar-refractivity contribution in [2.75, 3.05) is 0 Å². The standard InChI is InChI=1S/C11H23NO2/c1-5-6-7-9(12)8-10(13)14-11(2,3)4/h9H,5-8,12H2,1-4H3/t9-/m0/s1. The first-order valence-corrected chi connectivity index (χ1v) is 5.32. The van der Waals surface area contributed by atoms with Crippen molar-refractivity contribution in [2.24, 2.45) is 5.73 Å². The van der Waals surface area contributed by atoms with E-state index in [0.29, 0.717) is 6.42 Å². The van der Waals surface area contributed by atoms with E-state index in [4.69, 9.17) is 10.5 Å². The van der Waals surface area contributed by atoms with Crippen LogP contribution in [-0.4, -0.2) is 17.6 Å². The van der Waals surface area contributed by atoms with Crippen LogP contribution in [0.2, 0.25) is 0 Å². The maximum absolute atomic E-state index is 11.3. The summed E-state index contributed by atoms with van der Waals surface area (Å²) < 4.78 is 5.17. The van der Waals surface area contributed by atoms with Gasteiger partial charge < -0.3 is 10.5 Å². The number of hydrogen-bond acceptors (Lipinski definition) is 3. The van der Waals surface area contributed by atoms with Gasteiger partial charge in [0.1, 0.15) is 5.60 Å². The number of rotatable bonds is 5. The van der Waals surface area contributed by atoms with Gasteiger partial charge >= 0.3 is 5.97 Å². The average molecular weight is 201 g/mol. The van der Waals surface area contributed by atoms with E-state index in [9.17, 15) is 4.79 Å². The number of carbonyl (C=O) groups excluding carboxylic acids is 1. The van der Waals surface area contributed by atoms with Crippen LogP contribution in [0.3, 0.4) is 0 Å². The molecule has 0 amide bonds. The van der Waals surface area contributed by atoms with Gasteiger partial charge in [0.2, 0.25) is 0 Å². The molecule has 0 spiro atoms. The van der Waals surface area contributed by atoms with Crippen molar-refractivity contribution >= 4 is 5.97 Å². The molecule has 0 aromatic carbocycles. The lowest BCUT2D eigenvalue weighted by Gasteiger charge is -2.20. The second-order valence-electron chi connectivity index (χ2n) is 4.69. The summed E-state index contributed by atoms with van der Waals surface area (Å²) in [4.78, 5) is 11.3. The number of hydrogen-bond donors (Lipinski definition) is 1. The first kappa shape index (κ1) is 13.4. The van der Waals surface area contributed by atoms with Crippen molar-refractivity contribution in [1.82, 2.24) is 0 Å². The molecule has 2 N–H and O–H groups in total. The van der Waals surface area contributed by atoms with Crippen molar-refractivity contribution in [1.29, 1.82) is 0 Å². The monoisotopic (exact) mass is 201 g/mol. The Morgan fingerprint density at radius 1 is 1.43 bits per heavy atom. The molecule has 0 aliphatic heterocycles. The molecule has 0 saturated carbocycles. The Kier molecular flexibility index (Phi) is 5.77. The number of unbranched alkanes of at least 4 members (excludes halogenated alkanes) is 1. The van der Waals surface area contributed by atoms with Gasteiger partial charge in [-0.15, -0.1) is 0 Å². The van der Waals surface area contributed by atoms with Crippen LogP contribution in [0.15, 0.2) is 0 Å². The molecule has 0 saturated heterocycles. The van der Waals surface area contributed by atoms with Gasteiger partial charge in [-0.05, 0) is 27.2 Å². The molecule has 0 fully saturated rings. The van der Waals surface area contributed by atoms with Crippen LogP contribution in [0.1, 0.15) is 53.4 Å². The van der Waals surface area contributed by atoms with Crippen molar-refractivity contribution in [2.45, 2.75) is 65.0 Å². The largest absolute Gasteiger partial charge is 0.460 e. The summed E-state index contributed by atoms with van der Waals surface area (Å²) in [6.45, 7) is 7.70. The van der Waals surface area contributed by atoms with E-state index in [2.05, 4.69) is 6.92 Å². The van der Waals surface area contributed by atoms with E-state index in [1.165, 1.54) is 0 Å². The fourth-order valence-corrected chi connectivity index (χ4v) is 1.17. The highest BCUT2D eigenvalue weighted by Gasteiger charge is 2.18. The van der Waals surface area contributed by atoms with Gasteiger partial charge in [0.25, 0.3) is 0 Å². The maximum Gasteiger partial charge on any atom is 0.307 e. The Bertz CT molecular complexity index is 173. The van der Waals surface area contributed by atoms with E-state index < -0.39 is 5.60 Å². The predicted octanol–water partition coefficient (Wildman–Crippen LogP) is 2.24. The first-order valence-electron chi connectivity index (χ1n) is 5.32. The molecule has 0 heterocycles. The highest BCUT2D eigenvalue weighted by atomic mass is 16.6. The fraction of sp³-hybridized carbons (Fsp3) is 0.909. The van der Waals surface area contributed by atoms with Crippen molar-refractivity contribution in [3.63, 3.8) is 0 Å². The Hall–Kier alpha value is -0.570. The van der Waals surface area contributed by atoms with Gasteiger partial charge in [-0.2, -0.15) is 0 Å². The predicted molar refractivity (Wildman–Crippen MR) is 58.0 cm³/mol. The SMILES string of the molecule is CCCC[C@H](N)CC(=O)OC(C)(C)C. The molecule has 1 atom stereocenters. The normalized spacial score (nSPS) is 13.8.